The van der Waals surface area contributed by atoms with E-state index in [1.165, 1.54) is 4.31 Å². The van der Waals surface area contributed by atoms with Crippen molar-refractivity contribution < 1.29 is 17.7 Å². The van der Waals surface area contributed by atoms with Crippen molar-refractivity contribution in [1.29, 1.82) is 0 Å². The minimum atomic E-state index is -3.53. The van der Waals surface area contributed by atoms with E-state index in [0.29, 0.717) is 36.3 Å². The molecule has 0 amide bonds. The van der Waals surface area contributed by atoms with Crippen LogP contribution in [0.1, 0.15) is 31.6 Å². The first kappa shape index (κ1) is 19.6. The molecule has 1 fully saturated rings. The van der Waals surface area contributed by atoms with Crippen LogP contribution in [0.25, 0.3) is 11.4 Å². The molecule has 2 heterocycles. The lowest BCUT2D eigenvalue weighted by Crippen LogP contribution is -2.39. The smallest absolute Gasteiger partial charge is 0.243 e. The van der Waals surface area contributed by atoms with Gasteiger partial charge >= 0.3 is 0 Å². The summed E-state index contributed by atoms with van der Waals surface area (Å²) in [7, 11) is -3.53. The standard InChI is InChI=1S/C21H23N3O4S/c1-2-27-18-12-10-16(11-13-18)20-22-21(28-23-20)17-7-6-14-24(15-17)29(25,26)19-8-4-3-5-9-19/h3-5,8-13,17H,2,6-7,14-15H2,1H3/t17-/m1/s1. The molecule has 7 nitrogen and oxygen atoms in total. The molecule has 0 N–H and O–H groups in total. The molecule has 0 spiro atoms. The van der Waals surface area contributed by atoms with Crippen molar-refractivity contribution >= 4 is 10.0 Å². The number of hydrogen-bond donors (Lipinski definition) is 0. The summed E-state index contributed by atoms with van der Waals surface area (Å²) in [5.41, 5.74) is 0.827. The molecule has 1 atom stereocenters. The molecule has 0 radical (unpaired) electrons. The highest BCUT2D eigenvalue weighted by atomic mass is 32.2. The van der Waals surface area contributed by atoms with E-state index in [9.17, 15) is 8.42 Å². The van der Waals surface area contributed by atoms with Gasteiger partial charge in [0.1, 0.15) is 5.75 Å². The van der Waals surface area contributed by atoms with Crippen LogP contribution < -0.4 is 4.74 Å². The zero-order chi connectivity index (χ0) is 20.3. The first-order valence-corrected chi connectivity index (χ1v) is 11.1. The molecule has 3 aromatic rings. The van der Waals surface area contributed by atoms with Gasteiger partial charge in [0.15, 0.2) is 0 Å². The van der Waals surface area contributed by atoms with E-state index in [-0.39, 0.29) is 5.92 Å². The highest BCUT2D eigenvalue weighted by Crippen LogP contribution is 2.30. The molecular formula is C21H23N3O4S. The normalized spacial score (nSPS) is 17.9. The molecule has 0 unspecified atom stereocenters. The van der Waals surface area contributed by atoms with Crippen molar-refractivity contribution in [3.05, 3.63) is 60.5 Å². The van der Waals surface area contributed by atoms with Crippen LogP contribution in [0.2, 0.25) is 0 Å². The van der Waals surface area contributed by atoms with Crippen LogP contribution in [-0.2, 0) is 10.0 Å². The Kier molecular flexibility index (Phi) is 5.64. The van der Waals surface area contributed by atoms with E-state index in [1.54, 1.807) is 30.3 Å². The average molecular weight is 413 g/mol. The molecule has 0 bridgehead atoms. The first-order valence-electron chi connectivity index (χ1n) is 9.70. The highest BCUT2D eigenvalue weighted by molar-refractivity contribution is 7.89. The van der Waals surface area contributed by atoms with Crippen molar-refractivity contribution in [3.63, 3.8) is 0 Å². The second-order valence-electron chi connectivity index (χ2n) is 6.93. The van der Waals surface area contributed by atoms with Crippen LogP contribution in [0, 0.1) is 0 Å². The fraction of sp³-hybridized carbons (Fsp3) is 0.333. The molecule has 0 saturated carbocycles. The van der Waals surface area contributed by atoms with E-state index >= 15 is 0 Å². The first-order chi connectivity index (χ1) is 14.1. The van der Waals surface area contributed by atoms with Gasteiger partial charge in [-0.25, -0.2) is 8.42 Å². The Bertz CT molecular complexity index is 1050. The summed E-state index contributed by atoms with van der Waals surface area (Å²) in [6.45, 7) is 3.37. The number of hydrogen-bond acceptors (Lipinski definition) is 6. The lowest BCUT2D eigenvalue weighted by molar-refractivity contribution is 0.265. The van der Waals surface area contributed by atoms with Gasteiger partial charge in [-0.15, -0.1) is 0 Å². The highest BCUT2D eigenvalue weighted by Gasteiger charge is 2.33. The fourth-order valence-corrected chi connectivity index (χ4v) is 5.03. The summed E-state index contributed by atoms with van der Waals surface area (Å²) in [4.78, 5) is 4.84. The van der Waals surface area contributed by atoms with Crippen LogP contribution >= 0.6 is 0 Å². The quantitative estimate of drug-likeness (QED) is 0.612. The molecular weight excluding hydrogens is 390 g/mol. The Hall–Kier alpha value is -2.71. The van der Waals surface area contributed by atoms with Gasteiger partial charge in [0, 0.05) is 18.7 Å². The molecule has 1 aromatic heterocycles. The van der Waals surface area contributed by atoms with Crippen LogP contribution in [-0.4, -0.2) is 42.6 Å². The van der Waals surface area contributed by atoms with Gasteiger partial charge in [-0.2, -0.15) is 9.29 Å². The van der Waals surface area contributed by atoms with Gasteiger partial charge in [-0.3, -0.25) is 0 Å². The molecule has 152 valence electrons. The summed E-state index contributed by atoms with van der Waals surface area (Å²) < 4.78 is 38.3. The molecule has 2 aromatic carbocycles. The Labute approximate surface area is 170 Å². The largest absolute Gasteiger partial charge is 0.494 e. The van der Waals surface area contributed by atoms with E-state index < -0.39 is 10.0 Å². The van der Waals surface area contributed by atoms with Crippen LogP contribution in [0.5, 0.6) is 5.75 Å². The van der Waals surface area contributed by atoms with E-state index in [2.05, 4.69) is 10.1 Å². The van der Waals surface area contributed by atoms with Crippen molar-refractivity contribution in [2.45, 2.75) is 30.6 Å². The lowest BCUT2D eigenvalue weighted by Gasteiger charge is -2.30. The Balaban J connectivity index is 1.51. The number of aromatic nitrogens is 2. The van der Waals surface area contributed by atoms with Crippen molar-refractivity contribution in [3.8, 4) is 17.1 Å². The third kappa shape index (κ3) is 4.18. The number of ether oxygens (including phenoxy) is 1. The summed E-state index contributed by atoms with van der Waals surface area (Å²) in [6.07, 6.45) is 1.56. The molecule has 1 aliphatic rings. The Morgan fingerprint density at radius 2 is 1.90 bits per heavy atom. The van der Waals surface area contributed by atoms with Crippen molar-refractivity contribution in [2.24, 2.45) is 0 Å². The number of benzene rings is 2. The number of nitrogens with zero attached hydrogens (tertiary/aromatic N) is 3. The average Bonchev–Trinajstić information content (AvgIpc) is 3.26. The van der Waals surface area contributed by atoms with Gasteiger partial charge in [-0.05, 0) is 56.2 Å². The van der Waals surface area contributed by atoms with E-state index in [1.807, 2.05) is 31.2 Å². The summed E-state index contributed by atoms with van der Waals surface area (Å²) >= 11 is 0. The van der Waals surface area contributed by atoms with Crippen LogP contribution in [0.3, 0.4) is 0 Å². The maximum atomic E-state index is 12.9. The van der Waals surface area contributed by atoms with E-state index in [0.717, 1.165) is 24.2 Å². The molecule has 0 aliphatic carbocycles. The second kappa shape index (κ2) is 8.34. The molecule has 4 rings (SSSR count). The third-order valence-corrected chi connectivity index (χ3v) is 6.86. The zero-order valence-corrected chi connectivity index (χ0v) is 17.0. The van der Waals surface area contributed by atoms with Crippen molar-refractivity contribution in [1.82, 2.24) is 14.4 Å². The monoisotopic (exact) mass is 413 g/mol. The number of piperidine rings is 1. The summed E-state index contributed by atoms with van der Waals surface area (Å²) in [6, 6.07) is 16.0. The van der Waals surface area contributed by atoms with Gasteiger partial charge in [0.05, 0.1) is 17.4 Å². The fourth-order valence-electron chi connectivity index (χ4n) is 3.49. The minimum Gasteiger partial charge on any atom is -0.494 e. The minimum absolute atomic E-state index is 0.119. The van der Waals surface area contributed by atoms with Crippen LogP contribution in [0.4, 0.5) is 0 Å². The van der Waals surface area contributed by atoms with Crippen molar-refractivity contribution in [2.75, 3.05) is 19.7 Å². The maximum Gasteiger partial charge on any atom is 0.243 e. The lowest BCUT2D eigenvalue weighted by atomic mass is 10.00. The topological polar surface area (TPSA) is 85.5 Å². The maximum absolute atomic E-state index is 12.9. The summed E-state index contributed by atoms with van der Waals surface area (Å²) in [5.74, 6) is 1.63. The van der Waals surface area contributed by atoms with E-state index in [4.69, 9.17) is 9.26 Å². The number of rotatable bonds is 6. The van der Waals surface area contributed by atoms with Crippen LogP contribution in [0.15, 0.2) is 64.0 Å². The predicted molar refractivity (Wildman–Crippen MR) is 108 cm³/mol. The third-order valence-electron chi connectivity index (χ3n) is 4.98. The SMILES string of the molecule is CCOc1ccc(-c2noc([C@@H]3CCCN(S(=O)(=O)c4ccccc4)C3)n2)cc1. The number of sulfonamides is 1. The van der Waals surface area contributed by atoms with Gasteiger partial charge in [-0.1, -0.05) is 23.4 Å². The molecule has 8 heteroatoms. The predicted octanol–water partition coefficient (Wildman–Crippen LogP) is 3.70. The molecule has 1 saturated heterocycles. The van der Waals surface area contributed by atoms with Gasteiger partial charge in [0.2, 0.25) is 21.7 Å². The Morgan fingerprint density at radius 1 is 1.14 bits per heavy atom. The second-order valence-corrected chi connectivity index (χ2v) is 8.87. The summed E-state index contributed by atoms with van der Waals surface area (Å²) in [5, 5.41) is 4.09. The Morgan fingerprint density at radius 3 is 2.62 bits per heavy atom. The van der Waals surface area contributed by atoms with Gasteiger partial charge in [0.25, 0.3) is 0 Å². The molecule has 1 aliphatic heterocycles. The zero-order valence-electron chi connectivity index (χ0n) is 16.2. The van der Waals surface area contributed by atoms with Gasteiger partial charge < -0.3 is 9.26 Å². The molecule has 29 heavy (non-hydrogen) atoms.